The standard InChI is InChI=1S/C27H31N/c1-20-9-3-4-10-22(20)26-19-24(23-11-5-6-12-25(23)28-26)21-13-17-27(18-14-21)15-7-2-8-16-27/h3-6,9-12,19,21H,2,7-8,13-18H2,1H3. The fraction of sp³-hybridized carbons (Fsp3) is 0.444. The van der Waals surface area contributed by atoms with Crippen LogP contribution in [0.25, 0.3) is 22.2 Å². The summed E-state index contributed by atoms with van der Waals surface area (Å²) in [6.07, 6.45) is 12.9. The van der Waals surface area contributed by atoms with E-state index in [1.807, 2.05) is 0 Å². The van der Waals surface area contributed by atoms with Crippen LogP contribution < -0.4 is 0 Å². The van der Waals surface area contributed by atoms with Gasteiger partial charge < -0.3 is 0 Å². The topological polar surface area (TPSA) is 12.9 Å². The molecule has 5 rings (SSSR count). The van der Waals surface area contributed by atoms with Gasteiger partial charge in [0.1, 0.15) is 0 Å². The lowest BCUT2D eigenvalue weighted by molar-refractivity contribution is 0.114. The lowest BCUT2D eigenvalue weighted by atomic mass is 9.62. The summed E-state index contributed by atoms with van der Waals surface area (Å²) in [4.78, 5) is 5.05. The van der Waals surface area contributed by atoms with Crippen molar-refractivity contribution in [2.75, 3.05) is 0 Å². The fourth-order valence-electron chi connectivity index (χ4n) is 5.88. The maximum atomic E-state index is 5.05. The van der Waals surface area contributed by atoms with E-state index in [-0.39, 0.29) is 0 Å². The predicted molar refractivity (Wildman–Crippen MR) is 119 cm³/mol. The number of para-hydroxylation sites is 1. The summed E-state index contributed by atoms with van der Waals surface area (Å²) in [6, 6.07) is 19.8. The molecule has 0 saturated heterocycles. The zero-order valence-electron chi connectivity index (χ0n) is 17.1. The molecule has 1 heterocycles. The molecule has 2 aliphatic carbocycles. The van der Waals surface area contributed by atoms with Gasteiger partial charge >= 0.3 is 0 Å². The molecule has 0 aliphatic heterocycles. The molecule has 0 atom stereocenters. The Hall–Kier alpha value is -2.15. The van der Waals surface area contributed by atoms with Gasteiger partial charge in [-0.3, -0.25) is 0 Å². The first-order valence-corrected chi connectivity index (χ1v) is 11.2. The number of fused-ring (bicyclic) bond motifs is 1. The number of aryl methyl sites for hydroxylation is 1. The van der Waals surface area contributed by atoms with Crippen molar-refractivity contribution in [1.29, 1.82) is 0 Å². The minimum absolute atomic E-state index is 0.677. The summed E-state index contributed by atoms with van der Waals surface area (Å²) in [6.45, 7) is 2.19. The summed E-state index contributed by atoms with van der Waals surface area (Å²) in [5.41, 5.74) is 7.08. The van der Waals surface area contributed by atoms with Gasteiger partial charge in [0.15, 0.2) is 0 Å². The van der Waals surface area contributed by atoms with Crippen molar-refractivity contribution in [3.8, 4) is 11.3 Å². The van der Waals surface area contributed by atoms with Gasteiger partial charge in [-0.05, 0) is 80.0 Å². The number of hydrogen-bond acceptors (Lipinski definition) is 1. The molecule has 28 heavy (non-hydrogen) atoms. The number of aromatic nitrogens is 1. The zero-order chi connectivity index (χ0) is 19.0. The fourth-order valence-corrected chi connectivity index (χ4v) is 5.88. The highest BCUT2D eigenvalue weighted by atomic mass is 14.7. The van der Waals surface area contributed by atoms with Gasteiger partial charge in [0.05, 0.1) is 11.2 Å². The highest BCUT2D eigenvalue weighted by Gasteiger charge is 2.36. The normalized spacial score (nSPS) is 19.9. The molecule has 2 saturated carbocycles. The molecule has 1 spiro atoms. The van der Waals surface area contributed by atoms with Crippen molar-refractivity contribution in [2.24, 2.45) is 5.41 Å². The molecular formula is C27H31N. The van der Waals surface area contributed by atoms with E-state index >= 15 is 0 Å². The average molecular weight is 370 g/mol. The predicted octanol–water partition coefficient (Wildman–Crippen LogP) is 7.82. The second-order valence-electron chi connectivity index (χ2n) is 9.26. The van der Waals surface area contributed by atoms with Crippen molar-refractivity contribution in [3.63, 3.8) is 0 Å². The molecule has 0 amide bonds. The molecule has 1 nitrogen and oxygen atoms in total. The first-order valence-electron chi connectivity index (χ1n) is 11.2. The molecule has 0 N–H and O–H groups in total. The Balaban J connectivity index is 1.53. The largest absolute Gasteiger partial charge is 0.248 e. The van der Waals surface area contributed by atoms with Crippen LogP contribution in [0.2, 0.25) is 0 Å². The van der Waals surface area contributed by atoms with Crippen LogP contribution in [0, 0.1) is 12.3 Å². The maximum absolute atomic E-state index is 5.05. The Labute approximate surface area is 169 Å². The van der Waals surface area contributed by atoms with Crippen LogP contribution in [0.1, 0.15) is 74.8 Å². The Morgan fingerprint density at radius 2 is 1.54 bits per heavy atom. The number of pyridine rings is 1. The Morgan fingerprint density at radius 1 is 0.821 bits per heavy atom. The molecular weight excluding hydrogens is 338 g/mol. The van der Waals surface area contributed by atoms with Crippen molar-refractivity contribution in [3.05, 3.63) is 65.7 Å². The van der Waals surface area contributed by atoms with E-state index in [0.717, 1.165) is 11.2 Å². The maximum Gasteiger partial charge on any atom is 0.0715 e. The molecule has 1 aromatic heterocycles. The summed E-state index contributed by atoms with van der Waals surface area (Å²) in [5, 5.41) is 1.37. The lowest BCUT2D eigenvalue weighted by Crippen LogP contribution is -2.29. The molecule has 3 aromatic rings. The Bertz CT molecular complexity index is 970. The smallest absolute Gasteiger partial charge is 0.0715 e. The van der Waals surface area contributed by atoms with Crippen LogP contribution in [-0.2, 0) is 0 Å². The van der Waals surface area contributed by atoms with Crippen LogP contribution in [0.4, 0.5) is 0 Å². The van der Waals surface area contributed by atoms with Crippen LogP contribution >= 0.6 is 0 Å². The molecule has 2 aliphatic rings. The highest BCUT2D eigenvalue weighted by molar-refractivity contribution is 5.86. The number of rotatable bonds is 2. The van der Waals surface area contributed by atoms with Crippen molar-refractivity contribution in [1.82, 2.24) is 4.98 Å². The lowest BCUT2D eigenvalue weighted by Gasteiger charge is -2.43. The summed E-state index contributed by atoms with van der Waals surface area (Å²) >= 11 is 0. The third-order valence-corrected chi connectivity index (χ3v) is 7.57. The van der Waals surface area contributed by atoms with Crippen molar-refractivity contribution in [2.45, 2.75) is 70.6 Å². The van der Waals surface area contributed by atoms with Crippen molar-refractivity contribution < 1.29 is 0 Å². The third kappa shape index (κ3) is 3.26. The van der Waals surface area contributed by atoms with Gasteiger partial charge in [0, 0.05) is 10.9 Å². The molecule has 2 aromatic carbocycles. The Kier molecular flexibility index (Phi) is 4.70. The van der Waals surface area contributed by atoms with Gasteiger partial charge in [0.25, 0.3) is 0 Å². The van der Waals surface area contributed by atoms with Crippen molar-refractivity contribution >= 4 is 10.9 Å². The van der Waals surface area contributed by atoms with Crippen LogP contribution in [0.3, 0.4) is 0 Å². The van der Waals surface area contributed by atoms with Gasteiger partial charge in [-0.15, -0.1) is 0 Å². The second kappa shape index (κ2) is 7.35. The second-order valence-corrected chi connectivity index (χ2v) is 9.26. The minimum Gasteiger partial charge on any atom is -0.248 e. The van der Waals surface area contributed by atoms with E-state index in [2.05, 4.69) is 61.5 Å². The highest BCUT2D eigenvalue weighted by Crippen LogP contribution is 2.51. The van der Waals surface area contributed by atoms with Crippen LogP contribution in [-0.4, -0.2) is 4.98 Å². The number of hydrogen-bond donors (Lipinski definition) is 0. The molecule has 144 valence electrons. The summed E-state index contributed by atoms with van der Waals surface area (Å²) < 4.78 is 0. The number of benzene rings is 2. The third-order valence-electron chi connectivity index (χ3n) is 7.57. The Morgan fingerprint density at radius 3 is 2.32 bits per heavy atom. The summed E-state index contributed by atoms with van der Waals surface area (Å²) in [7, 11) is 0. The van der Waals surface area contributed by atoms with Gasteiger partial charge in [-0.1, -0.05) is 61.7 Å². The van der Waals surface area contributed by atoms with E-state index in [1.165, 1.54) is 79.9 Å². The first-order chi connectivity index (χ1) is 13.7. The van der Waals surface area contributed by atoms with E-state index < -0.39 is 0 Å². The molecule has 0 radical (unpaired) electrons. The quantitative estimate of drug-likeness (QED) is 0.448. The molecule has 0 bridgehead atoms. The van der Waals surface area contributed by atoms with Gasteiger partial charge in [0.2, 0.25) is 0 Å². The minimum atomic E-state index is 0.677. The molecule has 1 heteroatoms. The van der Waals surface area contributed by atoms with E-state index in [0.29, 0.717) is 11.3 Å². The zero-order valence-corrected chi connectivity index (χ0v) is 17.1. The van der Waals surface area contributed by atoms with Gasteiger partial charge in [-0.2, -0.15) is 0 Å². The molecule has 2 fully saturated rings. The van der Waals surface area contributed by atoms with Crippen LogP contribution in [0.15, 0.2) is 54.6 Å². The number of nitrogens with zero attached hydrogens (tertiary/aromatic N) is 1. The first kappa shape index (κ1) is 17.9. The molecule has 0 unspecified atom stereocenters. The van der Waals surface area contributed by atoms with E-state index in [4.69, 9.17) is 4.98 Å². The summed E-state index contributed by atoms with van der Waals surface area (Å²) in [5.74, 6) is 0.684. The SMILES string of the molecule is Cc1ccccc1-c1cc(C2CCC3(CCCCC3)CC2)c2ccccc2n1. The van der Waals surface area contributed by atoms with E-state index in [9.17, 15) is 0 Å². The van der Waals surface area contributed by atoms with E-state index in [1.54, 1.807) is 0 Å². The van der Waals surface area contributed by atoms with Crippen LogP contribution in [0.5, 0.6) is 0 Å². The average Bonchev–Trinajstić information content (AvgIpc) is 2.75. The monoisotopic (exact) mass is 369 g/mol. The van der Waals surface area contributed by atoms with Gasteiger partial charge in [-0.25, -0.2) is 4.98 Å².